The van der Waals surface area contributed by atoms with Crippen LogP contribution < -0.4 is 11.1 Å². The second-order valence-electron chi connectivity index (χ2n) is 4.22. The molecule has 17 heavy (non-hydrogen) atoms. The lowest BCUT2D eigenvalue weighted by Crippen LogP contribution is -2.11. The van der Waals surface area contributed by atoms with Gasteiger partial charge in [0.15, 0.2) is 0 Å². The Bertz CT molecular complexity index is 486. The standard InChI is InChI=1S/C11H17N5S/c1-7(2)16-11(10(12)8(3)15-16)13-4-9-5-17-6-14-9/h5-7,13H,4,12H2,1-3H3. The van der Waals surface area contributed by atoms with E-state index in [1.165, 1.54) is 0 Å². The monoisotopic (exact) mass is 251 g/mol. The number of hydrogen-bond donors (Lipinski definition) is 2. The maximum atomic E-state index is 6.02. The van der Waals surface area contributed by atoms with Gasteiger partial charge in [-0.2, -0.15) is 5.10 Å². The van der Waals surface area contributed by atoms with E-state index >= 15 is 0 Å². The smallest absolute Gasteiger partial charge is 0.148 e. The van der Waals surface area contributed by atoms with E-state index in [1.807, 2.05) is 22.5 Å². The summed E-state index contributed by atoms with van der Waals surface area (Å²) in [5.41, 5.74) is 10.4. The number of nitrogen functional groups attached to an aromatic ring is 1. The molecule has 92 valence electrons. The Hall–Kier alpha value is -1.56. The lowest BCUT2D eigenvalue weighted by molar-refractivity contribution is 0.534. The summed E-state index contributed by atoms with van der Waals surface area (Å²) in [5.74, 6) is 0.880. The van der Waals surface area contributed by atoms with E-state index in [4.69, 9.17) is 5.73 Å². The molecule has 2 aromatic heterocycles. The molecule has 0 saturated carbocycles. The topological polar surface area (TPSA) is 68.8 Å². The summed E-state index contributed by atoms with van der Waals surface area (Å²) < 4.78 is 1.91. The number of nitrogens with zero attached hydrogens (tertiary/aromatic N) is 3. The normalized spacial score (nSPS) is 11.1. The molecule has 0 amide bonds. The van der Waals surface area contributed by atoms with Crippen molar-refractivity contribution in [1.82, 2.24) is 14.8 Å². The van der Waals surface area contributed by atoms with Crippen molar-refractivity contribution < 1.29 is 0 Å². The highest BCUT2D eigenvalue weighted by atomic mass is 32.1. The summed E-state index contributed by atoms with van der Waals surface area (Å²) in [7, 11) is 0. The summed E-state index contributed by atoms with van der Waals surface area (Å²) in [6.45, 7) is 6.76. The fraction of sp³-hybridized carbons (Fsp3) is 0.455. The van der Waals surface area contributed by atoms with Crippen LogP contribution in [0.4, 0.5) is 11.5 Å². The molecule has 2 heterocycles. The quantitative estimate of drug-likeness (QED) is 0.875. The molecule has 3 N–H and O–H groups in total. The molecule has 0 fully saturated rings. The van der Waals surface area contributed by atoms with Gasteiger partial charge in [0.25, 0.3) is 0 Å². The van der Waals surface area contributed by atoms with E-state index in [2.05, 4.69) is 29.2 Å². The second kappa shape index (κ2) is 4.75. The maximum Gasteiger partial charge on any atom is 0.148 e. The number of hydrogen-bond acceptors (Lipinski definition) is 5. The van der Waals surface area contributed by atoms with Gasteiger partial charge >= 0.3 is 0 Å². The lowest BCUT2D eigenvalue weighted by atomic mass is 10.3. The van der Waals surface area contributed by atoms with Gasteiger partial charge in [0.05, 0.1) is 29.1 Å². The van der Waals surface area contributed by atoms with Crippen molar-refractivity contribution in [2.45, 2.75) is 33.4 Å². The molecule has 0 aromatic carbocycles. The third-order valence-corrected chi connectivity index (χ3v) is 3.18. The van der Waals surface area contributed by atoms with Gasteiger partial charge in [-0.25, -0.2) is 9.67 Å². The van der Waals surface area contributed by atoms with Crippen molar-refractivity contribution in [3.8, 4) is 0 Å². The Labute approximate surface area is 105 Å². The van der Waals surface area contributed by atoms with Crippen molar-refractivity contribution in [3.05, 3.63) is 22.3 Å². The van der Waals surface area contributed by atoms with Crippen LogP contribution in [0.5, 0.6) is 0 Å². The third kappa shape index (κ3) is 2.41. The molecule has 0 aliphatic rings. The fourth-order valence-corrected chi connectivity index (χ4v) is 2.17. The minimum atomic E-state index is 0.281. The van der Waals surface area contributed by atoms with E-state index in [1.54, 1.807) is 11.3 Å². The van der Waals surface area contributed by atoms with Gasteiger partial charge < -0.3 is 11.1 Å². The molecule has 0 atom stereocenters. The molecular weight excluding hydrogens is 234 g/mol. The predicted octanol–water partition coefficient (Wildman–Crippen LogP) is 2.42. The van der Waals surface area contributed by atoms with Gasteiger partial charge in [-0.15, -0.1) is 11.3 Å². The number of aryl methyl sites for hydroxylation is 1. The predicted molar refractivity (Wildman–Crippen MR) is 71.2 cm³/mol. The zero-order valence-electron chi connectivity index (χ0n) is 10.3. The number of aromatic nitrogens is 3. The third-order valence-electron chi connectivity index (χ3n) is 2.54. The Morgan fingerprint density at radius 3 is 2.88 bits per heavy atom. The molecule has 0 saturated heterocycles. The maximum absolute atomic E-state index is 6.02. The van der Waals surface area contributed by atoms with Crippen LogP contribution in [0.25, 0.3) is 0 Å². The number of nitrogens with one attached hydrogen (secondary N) is 1. The minimum Gasteiger partial charge on any atom is -0.394 e. The highest BCUT2D eigenvalue weighted by Gasteiger charge is 2.14. The van der Waals surface area contributed by atoms with Crippen LogP contribution in [0.15, 0.2) is 10.9 Å². The molecule has 0 spiro atoms. The summed E-state index contributed by atoms with van der Waals surface area (Å²) in [6.07, 6.45) is 0. The van der Waals surface area contributed by atoms with Gasteiger partial charge in [0.1, 0.15) is 5.82 Å². The van der Waals surface area contributed by atoms with Crippen LogP contribution in [-0.4, -0.2) is 14.8 Å². The fourth-order valence-electron chi connectivity index (χ4n) is 1.61. The molecule has 2 rings (SSSR count). The van der Waals surface area contributed by atoms with Crippen molar-refractivity contribution in [2.75, 3.05) is 11.1 Å². The SMILES string of the molecule is Cc1nn(C(C)C)c(NCc2cscn2)c1N. The van der Waals surface area contributed by atoms with Gasteiger partial charge in [-0.05, 0) is 20.8 Å². The summed E-state index contributed by atoms with van der Waals surface area (Å²) in [5, 5.41) is 9.75. The molecule has 0 aliphatic carbocycles. The molecule has 2 aromatic rings. The Balaban J connectivity index is 2.19. The second-order valence-corrected chi connectivity index (χ2v) is 4.94. The summed E-state index contributed by atoms with van der Waals surface area (Å²) in [6, 6.07) is 0.281. The highest BCUT2D eigenvalue weighted by Crippen LogP contribution is 2.25. The molecule has 6 heteroatoms. The Morgan fingerprint density at radius 2 is 2.29 bits per heavy atom. The first-order valence-electron chi connectivity index (χ1n) is 5.55. The molecule has 0 aliphatic heterocycles. The van der Waals surface area contributed by atoms with E-state index < -0.39 is 0 Å². The van der Waals surface area contributed by atoms with Crippen LogP contribution in [0.3, 0.4) is 0 Å². The average molecular weight is 251 g/mol. The van der Waals surface area contributed by atoms with Crippen LogP contribution in [0.1, 0.15) is 31.3 Å². The Kier molecular flexibility index (Phi) is 3.33. The van der Waals surface area contributed by atoms with Gasteiger partial charge in [-0.3, -0.25) is 0 Å². The van der Waals surface area contributed by atoms with E-state index in [0.717, 1.165) is 17.2 Å². The number of nitrogens with two attached hydrogens (primary N) is 1. The summed E-state index contributed by atoms with van der Waals surface area (Å²) in [4.78, 5) is 4.23. The van der Waals surface area contributed by atoms with Crippen molar-refractivity contribution in [2.24, 2.45) is 0 Å². The summed E-state index contributed by atoms with van der Waals surface area (Å²) >= 11 is 1.59. The first-order valence-corrected chi connectivity index (χ1v) is 6.49. The van der Waals surface area contributed by atoms with Gasteiger partial charge in [-0.1, -0.05) is 0 Å². The highest BCUT2D eigenvalue weighted by molar-refractivity contribution is 7.07. The molecule has 0 radical (unpaired) electrons. The number of rotatable bonds is 4. The first-order chi connectivity index (χ1) is 8.09. The van der Waals surface area contributed by atoms with Crippen LogP contribution in [0.2, 0.25) is 0 Å². The number of anilines is 2. The largest absolute Gasteiger partial charge is 0.394 e. The van der Waals surface area contributed by atoms with Crippen LogP contribution in [0, 0.1) is 6.92 Å². The molecule has 5 nitrogen and oxygen atoms in total. The Morgan fingerprint density at radius 1 is 1.53 bits per heavy atom. The van der Waals surface area contributed by atoms with Gasteiger partial charge in [0.2, 0.25) is 0 Å². The van der Waals surface area contributed by atoms with Crippen LogP contribution >= 0.6 is 11.3 Å². The van der Waals surface area contributed by atoms with Gasteiger partial charge in [0, 0.05) is 11.4 Å². The molecule has 0 unspecified atom stereocenters. The van der Waals surface area contributed by atoms with Crippen LogP contribution in [-0.2, 0) is 6.54 Å². The van der Waals surface area contributed by atoms with E-state index in [-0.39, 0.29) is 6.04 Å². The molecule has 0 bridgehead atoms. The van der Waals surface area contributed by atoms with Crippen molar-refractivity contribution in [1.29, 1.82) is 0 Å². The first kappa shape index (κ1) is 11.9. The van der Waals surface area contributed by atoms with E-state index in [0.29, 0.717) is 12.2 Å². The zero-order chi connectivity index (χ0) is 12.4. The minimum absolute atomic E-state index is 0.281. The number of thiazole rings is 1. The van der Waals surface area contributed by atoms with Crippen molar-refractivity contribution in [3.63, 3.8) is 0 Å². The molecular formula is C11H17N5S. The zero-order valence-corrected chi connectivity index (χ0v) is 11.1. The average Bonchev–Trinajstić information content (AvgIpc) is 2.87. The van der Waals surface area contributed by atoms with E-state index in [9.17, 15) is 0 Å². The van der Waals surface area contributed by atoms with Crippen molar-refractivity contribution >= 4 is 22.8 Å². The lowest BCUT2D eigenvalue weighted by Gasteiger charge is -2.12.